The number of nitrogens with two attached hydrogens (primary N) is 1. The molecule has 0 saturated carbocycles. The van der Waals surface area contributed by atoms with E-state index in [0.717, 1.165) is 29.5 Å². The van der Waals surface area contributed by atoms with Crippen LogP contribution in [0.1, 0.15) is 39.7 Å². The van der Waals surface area contributed by atoms with E-state index in [1.54, 1.807) is 12.1 Å². The number of nitrogens with one attached hydrogen (secondary N) is 1. The first kappa shape index (κ1) is 18.6. The number of likely N-dealkylation sites (N-methyl/N-ethyl adjacent to an activating group) is 1. The summed E-state index contributed by atoms with van der Waals surface area (Å²) in [6.07, 6.45) is 1.65. The highest BCUT2D eigenvalue weighted by atomic mass is 79.9. The molecule has 1 rings (SSSR count). The Balaban J connectivity index is 3.07. The van der Waals surface area contributed by atoms with Crippen LogP contribution in [0.25, 0.3) is 0 Å². The van der Waals surface area contributed by atoms with Crippen LogP contribution >= 0.6 is 15.9 Å². The molecule has 0 aliphatic rings. The van der Waals surface area contributed by atoms with Crippen LogP contribution in [0.3, 0.4) is 0 Å². The van der Waals surface area contributed by atoms with Crippen molar-refractivity contribution in [2.24, 2.45) is 5.84 Å². The van der Waals surface area contributed by atoms with Crippen molar-refractivity contribution in [2.75, 3.05) is 13.1 Å². The number of hydrazine groups is 1. The topological polar surface area (TPSA) is 41.3 Å². The summed E-state index contributed by atoms with van der Waals surface area (Å²) in [5.74, 6) is 5.61. The van der Waals surface area contributed by atoms with E-state index in [1.807, 2.05) is 0 Å². The average molecular weight is 360 g/mol. The van der Waals surface area contributed by atoms with Gasteiger partial charge in [0.1, 0.15) is 5.82 Å². The molecule has 0 radical (unpaired) electrons. The molecule has 0 aromatic heterocycles. The lowest BCUT2D eigenvalue weighted by molar-refractivity contribution is 0.0700. The summed E-state index contributed by atoms with van der Waals surface area (Å²) in [6, 6.07) is 4.83. The minimum absolute atomic E-state index is 0.0421. The molecule has 1 aromatic rings. The van der Waals surface area contributed by atoms with Gasteiger partial charge in [0.2, 0.25) is 0 Å². The monoisotopic (exact) mass is 359 g/mol. The summed E-state index contributed by atoms with van der Waals surface area (Å²) in [5, 5.41) is 0. The number of nitrogens with zero attached hydrogens (tertiary/aromatic N) is 1. The highest BCUT2D eigenvalue weighted by molar-refractivity contribution is 9.10. The van der Waals surface area contributed by atoms with Gasteiger partial charge in [-0.15, -0.1) is 0 Å². The molecule has 3 N–H and O–H groups in total. The van der Waals surface area contributed by atoms with Crippen LogP contribution in [-0.4, -0.2) is 29.6 Å². The predicted molar refractivity (Wildman–Crippen MR) is 90.5 cm³/mol. The van der Waals surface area contributed by atoms with Crippen molar-refractivity contribution in [3.63, 3.8) is 0 Å². The second-order valence-corrected chi connectivity index (χ2v) is 6.40. The van der Waals surface area contributed by atoms with Gasteiger partial charge in [-0.25, -0.2) is 4.39 Å². The van der Waals surface area contributed by atoms with Crippen LogP contribution in [0.4, 0.5) is 4.39 Å². The Bertz CT molecular complexity index is 451. The molecule has 0 bridgehead atoms. The van der Waals surface area contributed by atoms with Gasteiger partial charge < -0.3 is 0 Å². The zero-order valence-electron chi connectivity index (χ0n) is 13.4. The smallest absolute Gasteiger partial charge is 0.123 e. The quantitative estimate of drug-likeness (QED) is 0.551. The lowest BCUT2D eigenvalue weighted by Gasteiger charge is -2.45. The minimum Gasteiger partial charge on any atom is -0.297 e. The molecule has 3 nitrogen and oxygen atoms in total. The lowest BCUT2D eigenvalue weighted by atomic mass is 9.83. The molecule has 0 aliphatic carbocycles. The second kappa shape index (κ2) is 8.22. The van der Waals surface area contributed by atoms with Crippen LogP contribution in [0.5, 0.6) is 0 Å². The molecular weight excluding hydrogens is 333 g/mol. The largest absolute Gasteiger partial charge is 0.297 e. The first-order chi connectivity index (χ1) is 9.92. The van der Waals surface area contributed by atoms with E-state index in [2.05, 4.69) is 54.0 Å². The average Bonchev–Trinajstić information content (AvgIpc) is 2.48. The van der Waals surface area contributed by atoms with Crippen molar-refractivity contribution in [3.8, 4) is 0 Å². The molecule has 0 heterocycles. The molecule has 21 heavy (non-hydrogen) atoms. The number of halogens is 2. The fraction of sp³-hybridized carbons (Fsp3) is 0.625. The Kier molecular flexibility index (Phi) is 7.27. The molecule has 120 valence electrons. The molecule has 0 spiro atoms. The van der Waals surface area contributed by atoms with Gasteiger partial charge in [-0.3, -0.25) is 16.2 Å². The fourth-order valence-corrected chi connectivity index (χ4v) is 3.42. The molecule has 0 amide bonds. The molecule has 0 fully saturated rings. The van der Waals surface area contributed by atoms with Crippen molar-refractivity contribution in [1.29, 1.82) is 0 Å². The van der Waals surface area contributed by atoms with E-state index in [9.17, 15) is 4.39 Å². The van der Waals surface area contributed by atoms with Crippen LogP contribution in [-0.2, 0) is 6.42 Å². The van der Waals surface area contributed by atoms with Crippen LogP contribution in [0.15, 0.2) is 22.7 Å². The first-order valence-electron chi connectivity index (χ1n) is 7.57. The first-order valence-corrected chi connectivity index (χ1v) is 8.37. The fourth-order valence-electron chi connectivity index (χ4n) is 3.01. The van der Waals surface area contributed by atoms with Crippen LogP contribution in [0.2, 0.25) is 0 Å². The molecule has 0 aliphatic heterocycles. The molecule has 0 saturated heterocycles. The normalized spacial score (nSPS) is 16.0. The number of hydrogen-bond donors (Lipinski definition) is 2. The van der Waals surface area contributed by atoms with Gasteiger partial charge in [-0.05, 0) is 56.6 Å². The molecule has 5 heteroatoms. The second-order valence-electron chi connectivity index (χ2n) is 5.54. The SMILES string of the molecule is CCN(CC)C(C)(CC)C(Cc1cc(F)ccc1Br)NN. The molecule has 2 unspecified atom stereocenters. The van der Waals surface area contributed by atoms with Crippen LogP contribution < -0.4 is 11.3 Å². The minimum atomic E-state index is -0.218. The Morgan fingerprint density at radius 3 is 2.43 bits per heavy atom. The van der Waals surface area contributed by atoms with Gasteiger partial charge >= 0.3 is 0 Å². The lowest BCUT2D eigenvalue weighted by Crippen LogP contribution is -2.61. The Morgan fingerprint density at radius 1 is 1.33 bits per heavy atom. The van der Waals surface area contributed by atoms with Gasteiger partial charge in [-0.2, -0.15) is 0 Å². The zero-order valence-corrected chi connectivity index (χ0v) is 15.0. The van der Waals surface area contributed by atoms with Crippen molar-refractivity contribution < 1.29 is 4.39 Å². The van der Waals surface area contributed by atoms with E-state index >= 15 is 0 Å². The third kappa shape index (κ3) is 4.25. The highest BCUT2D eigenvalue weighted by Crippen LogP contribution is 2.28. The standard InChI is InChI=1S/C16H27BrFN3/c1-5-16(4,21(6-2)7-3)15(20-19)11-12-10-13(18)8-9-14(12)17/h8-10,15,20H,5-7,11,19H2,1-4H3. The summed E-state index contributed by atoms with van der Waals surface area (Å²) in [7, 11) is 0. The summed E-state index contributed by atoms with van der Waals surface area (Å²) in [6.45, 7) is 10.6. The zero-order chi connectivity index (χ0) is 16.0. The Hall–Kier alpha value is -0.490. The van der Waals surface area contributed by atoms with E-state index < -0.39 is 0 Å². The Labute approximate surface area is 136 Å². The van der Waals surface area contributed by atoms with Gasteiger partial charge in [0.05, 0.1) is 0 Å². The number of rotatable bonds is 8. The maximum Gasteiger partial charge on any atom is 0.123 e. The van der Waals surface area contributed by atoms with Crippen molar-refractivity contribution in [2.45, 2.75) is 52.1 Å². The van der Waals surface area contributed by atoms with Gasteiger partial charge in [0.15, 0.2) is 0 Å². The summed E-state index contributed by atoms with van der Waals surface area (Å²) < 4.78 is 14.4. The highest BCUT2D eigenvalue weighted by Gasteiger charge is 2.36. The van der Waals surface area contributed by atoms with Gasteiger partial charge in [0, 0.05) is 16.1 Å². The maximum atomic E-state index is 13.5. The van der Waals surface area contributed by atoms with E-state index in [-0.39, 0.29) is 17.4 Å². The molecular formula is C16H27BrFN3. The Morgan fingerprint density at radius 2 is 1.95 bits per heavy atom. The third-order valence-corrected chi connectivity index (χ3v) is 5.36. The van der Waals surface area contributed by atoms with Crippen LogP contribution in [0, 0.1) is 5.82 Å². The molecule has 2 atom stereocenters. The van der Waals surface area contributed by atoms with Crippen molar-refractivity contribution >= 4 is 15.9 Å². The molecule has 1 aromatic carbocycles. The van der Waals surface area contributed by atoms with Crippen molar-refractivity contribution in [3.05, 3.63) is 34.1 Å². The number of hydrogen-bond acceptors (Lipinski definition) is 3. The maximum absolute atomic E-state index is 13.5. The van der Waals surface area contributed by atoms with Gasteiger partial charge in [0.25, 0.3) is 0 Å². The number of benzene rings is 1. The van der Waals surface area contributed by atoms with E-state index in [4.69, 9.17) is 5.84 Å². The predicted octanol–water partition coefficient (Wildman–Crippen LogP) is 3.47. The summed E-state index contributed by atoms with van der Waals surface area (Å²) in [5.41, 5.74) is 3.81. The summed E-state index contributed by atoms with van der Waals surface area (Å²) in [4.78, 5) is 2.41. The van der Waals surface area contributed by atoms with E-state index in [1.165, 1.54) is 6.07 Å². The van der Waals surface area contributed by atoms with Gasteiger partial charge in [-0.1, -0.05) is 36.7 Å². The van der Waals surface area contributed by atoms with E-state index in [0.29, 0.717) is 6.42 Å². The summed E-state index contributed by atoms with van der Waals surface area (Å²) >= 11 is 3.50. The third-order valence-electron chi connectivity index (χ3n) is 4.59. The van der Waals surface area contributed by atoms with Crippen molar-refractivity contribution in [1.82, 2.24) is 10.3 Å².